The van der Waals surface area contributed by atoms with Gasteiger partial charge >= 0.3 is 0 Å². The van der Waals surface area contributed by atoms with Gasteiger partial charge in [-0.1, -0.05) is 46.8 Å². The summed E-state index contributed by atoms with van der Waals surface area (Å²) < 4.78 is 5.57. The van der Waals surface area contributed by atoms with Crippen LogP contribution in [0.1, 0.15) is 46.6 Å². The number of rotatable bonds is 5. The third-order valence-corrected chi connectivity index (χ3v) is 4.27. The van der Waals surface area contributed by atoms with E-state index in [1.165, 1.54) is 5.56 Å². The lowest BCUT2D eigenvalue weighted by Crippen LogP contribution is -2.40. The first-order valence-corrected chi connectivity index (χ1v) is 8.27. The minimum Gasteiger partial charge on any atom is -0.491 e. The van der Waals surface area contributed by atoms with Crippen molar-refractivity contribution >= 4 is 11.8 Å². The normalized spacial score (nSPS) is 18.8. The number of hydrogen-bond acceptors (Lipinski definition) is 4. The van der Waals surface area contributed by atoms with E-state index in [0.29, 0.717) is 5.75 Å². The van der Waals surface area contributed by atoms with Gasteiger partial charge < -0.3 is 9.84 Å². The number of likely N-dealkylation sites (tertiary alicyclic amines) is 1. The number of β-amino-alcohol motifs (C(OH)–C–C–N with tert-alkyl or cyclic N) is 1. The van der Waals surface area contributed by atoms with Gasteiger partial charge in [-0.15, -0.1) is 0 Å². The summed E-state index contributed by atoms with van der Waals surface area (Å²) in [5, 5.41) is 10.1. The van der Waals surface area contributed by atoms with Gasteiger partial charge in [-0.3, -0.25) is 14.5 Å². The fourth-order valence-electron chi connectivity index (χ4n) is 2.72. The quantitative estimate of drug-likeness (QED) is 0.841. The predicted molar refractivity (Wildman–Crippen MR) is 91.8 cm³/mol. The maximum atomic E-state index is 12.1. The molecule has 5 heteroatoms. The van der Waals surface area contributed by atoms with Crippen LogP contribution in [0.3, 0.4) is 0 Å². The summed E-state index contributed by atoms with van der Waals surface area (Å²) in [5.74, 6) is 0.182. The molecule has 1 aromatic carbocycles. The Bertz CT molecular complexity index is 613. The molecule has 1 fully saturated rings. The van der Waals surface area contributed by atoms with Crippen LogP contribution in [-0.4, -0.2) is 41.1 Å². The number of amides is 2. The van der Waals surface area contributed by atoms with E-state index in [4.69, 9.17) is 4.74 Å². The molecule has 0 aliphatic carbocycles. The van der Waals surface area contributed by atoms with Gasteiger partial charge in [0, 0.05) is 6.42 Å². The second kappa shape index (κ2) is 6.55. The highest BCUT2D eigenvalue weighted by molar-refractivity contribution is 6.05. The van der Waals surface area contributed by atoms with E-state index in [-0.39, 0.29) is 36.8 Å². The molecule has 0 saturated carbocycles. The van der Waals surface area contributed by atoms with Crippen molar-refractivity contribution in [2.75, 3.05) is 13.2 Å². The van der Waals surface area contributed by atoms with Gasteiger partial charge in [0.2, 0.25) is 11.8 Å². The van der Waals surface area contributed by atoms with E-state index < -0.39 is 11.5 Å². The van der Waals surface area contributed by atoms with Gasteiger partial charge in [0.05, 0.1) is 12.0 Å². The molecule has 5 nitrogen and oxygen atoms in total. The lowest BCUT2D eigenvalue weighted by Gasteiger charge is -2.21. The van der Waals surface area contributed by atoms with Crippen LogP contribution < -0.4 is 4.74 Å². The average molecular weight is 333 g/mol. The molecule has 1 heterocycles. The van der Waals surface area contributed by atoms with Crippen molar-refractivity contribution in [1.29, 1.82) is 0 Å². The molecule has 1 atom stereocenters. The molecule has 1 aromatic rings. The Morgan fingerprint density at radius 2 is 1.79 bits per heavy atom. The van der Waals surface area contributed by atoms with Gasteiger partial charge in [0.1, 0.15) is 18.5 Å². The topological polar surface area (TPSA) is 66.8 Å². The molecular formula is C19H27NO4. The molecule has 0 aromatic heterocycles. The lowest BCUT2D eigenvalue weighted by atomic mass is 9.87. The Morgan fingerprint density at radius 3 is 2.25 bits per heavy atom. The van der Waals surface area contributed by atoms with Crippen molar-refractivity contribution in [2.24, 2.45) is 5.41 Å². The van der Waals surface area contributed by atoms with E-state index in [1.54, 1.807) is 13.8 Å². The molecule has 0 bridgehead atoms. The molecule has 132 valence electrons. The Morgan fingerprint density at radius 1 is 1.21 bits per heavy atom. The molecule has 2 rings (SSSR count). The molecule has 1 N–H and O–H groups in total. The average Bonchev–Trinajstić information content (AvgIpc) is 2.67. The van der Waals surface area contributed by atoms with Gasteiger partial charge in [0.25, 0.3) is 0 Å². The van der Waals surface area contributed by atoms with Crippen LogP contribution in [0.15, 0.2) is 24.3 Å². The zero-order valence-electron chi connectivity index (χ0n) is 15.1. The molecule has 24 heavy (non-hydrogen) atoms. The van der Waals surface area contributed by atoms with Crippen LogP contribution in [0.2, 0.25) is 0 Å². The van der Waals surface area contributed by atoms with E-state index in [0.717, 1.165) is 4.90 Å². The van der Waals surface area contributed by atoms with Crippen molar-refractivity contribution in [3.05, 3.63) is 29.8 Å². The Labute approximate surface area is 143 Å². The van der Waals surface area contributed by atoms with E-state index in [9.17, 15) is 14.7 Å². The largest absolute Gasteiger partial charge is 0.491 e. The molecular weight excluding hydrogens is 306 g/mol. The van der Waals surface area contributed by atoms with Crippen LogP contribution in [0, 0.1) is 5.41 Å². The second-order valence-corrected chi connectivity index (χ2v) is 8.11. The molecule has 0 radical (unpaired) electrons. The summed E-state index contributed by atoms with van der Waals surface area (Å²) in [4.78, 5) is 25.2. The number of hydrogen-bond donors (Lipinski definition) is 1. The summed E-state index contributed by atoms with van der Waals surface area (Å²) in [6, 6.07) is 7.72. The predicted octanol–water partition coefficient (Wildman–Crippen LogP) is 2.51. The molecule has 0 unspecified atom stereocenters. The highest BCUT2D eigenvalue weighted by atomic mass is 16.5. The highest BCUT2D eigenvalue weighted by Gasteiger charge is 2.45. The Balaban J connectivity index is 1.89. The Kier molecular flexibility index (Phi) is 5.04. The number of ether oxygens (including phenoxy) is 1. The van der Waals surface area contributed by atoms with E-state index in [2.05, 4.69) is 20.8 Å². The smallest absolute Gasteiger partial charge is 0.235 e. The molecule has 1 saturated heterocycles. The van der Waals surface area contributed by atoms with E-state index >= 15 is 0 Å². The first-order valence-electron chi connectivity index (χ1n) is 8.27. The summed E-state index contributed by atoms with van der Waals surface area (Å²) in [6.45, 7) is 9.90. The van der Waals surface area contributed by atoms with Crippen LogP contribution in [-0.2, 0) is 15.0 Å². The molecule has 0 spiro atoms. The monoisotopic (exact) mass is 333 g/mol. The maximum absolute atomic E-state index is 12.1. The van der Waals surface area contributed by atoms with Crippen molar-refractivity contribution in [2.45, 2.75) is 52.6 Å². The minimum atomic E-state index is -0.908. The molecule has 1 aliphatic heterocycles. The first-order chi connectivity index (χ1) is 11.0. The van der Waals surface area contributed by atoms with Gasteiger partial charge in [0.15, 0.2) is 0 Å². The van der Waals surface area contributed by atoms with Crippen molar-refractivity contribution < 1.29 is 19.4 Å². The Hall–Kier alpha value is -1.88. The lowest BCUT2D eigenvalue weighted by molar-refractivity contribution is -0.142. The summed E-state index contributed by atoms with van der Waals surface area (Å²) >= 11 is 0. The maximum Gasteiger partial charge on any atom is 0.235 e. The number of carbonyl (C=O) groups is 2. The van der Waals surface area contributed by atoms with E-state index in [1.807, 2.05) is 24.3 Å². The zero-order valence-corrected chi connectivity index (χ0v) is 15.1. The number of imide groups is 1. The number of benzene rings is 1. The SMILES string of the molecule is CC1(C)CC(=O)N(C[C@H](O)COc2ccc(C(C)(C)C)cc2)C1=O. The van der Waals surface area contributed by atoms with Gasteiger partial charge in [-0.2, -0.15) is 0 Å². The third kappa shape index (κ3) is 4.15. The number of nitrogens with zero attached hydrogens (tertiary/aromatic N) is 1. The van der Waals surface area contributed by atoms with Crippen LogP contribution in [0.5, 0.6) is 5.75 Å². The number of aliphatic hydroxyl groups excluding tert-OH is 1. The van der Waals surface area contributed by atoms with Crippen LogP contribution in [0.25, 0.3) is 0 Å². The fourth-order valence-corrected chi connectivity index (χ4v) is 2.72. The van der Waals surface area contributed by atoms with Crippen molar-refractivity contribution in [3.8, 4) is 5.75 Å². The van der Waals surface area contributed by atoms with Crippen LogP contribution >= 0.6 is 0 Å². The van der Waals surface area contributed by atoms with Gasteiger partial charge in [-0.05, 0) is 23.1 Å². The number of aliphatic hydroxyl groups is 1. The van der Waals surface area contributed by atoms with Gasteiger partial charge in [-0.25, -0.2) is 0 Å². The van der Waals surface area contributed by atoms with Crippen molar-refractivity contribution in [3.63, 3.8) is 0 Å². The minimum absolute atomic E-state index is 0.0266. The molecule has 2 amide bonds. The number of carbonyl (C=O) groups excluding carboxylic acids is 2. The summed E-state index contributed by atoms with van der Waals surface area (Å²) in [6.07, 6.45) is -0.720. The van der Waals surface area contributed by atoms with Crippen LogP contribution in [0.4, 0.5) is 0 Å². The molecule has 1 aliphatic rings. The summed E-state index contributed by atoms with van der Waals surface area (Å²) in [5.41, 5.74) is 0.591. The summed E-state index contributed by atoms with van der Waals surface area (Å²) in [7, 11) is 0. The standard InChI is InChI=1S/C19H27NO4/c1-18(2,3)13-6-8-15(9-7-13)24-12-14(21)11-20-16(22)10-19(4,5)17(20)23/h6-9,14,21H,10-12H2,1-5H3/t14-/m0/s1. The zero-order chi connectivity index (χ0) is 18.1. The second-order valence-electron chi connectivity index (χ2n) is 8.11. The fraction of sp³-hybridized carbons (Fsp3) is 0.579. The third-order valence-electron chi connectivity index (χ3n) is 4.27. The van der Waals surface area contributed by atoms with Crippen molar-refractivity contribution in [1.82, 2.24) is 4.90 Å². The first kappa shape index (κ1) is 18.5. The highest BCUT2D eigenvalue weighted by Crippen LogP contribution is 2.31.